The van der Waals surface area contributed by atoms with Crippen molar-refractivity contribution in [3.05, 3.63) is 0 Å². The molecule has 0 aromatic heterocycles. The van der Waals surface area contributed by atoms with E-state index in [0.29, 0.717) is 6.42 Å². The van der Waals surface area contributed by atoms with E-state index in [1.54, 1.807) is 6.92 Å². The predicted molar refractivity (Wildman–Crippen MR) is 40.6 cm³/mol. The largest absolute Gasteiger partial charge is 0.726 e. The highest BCUT2D eigenvalue weighted by molar-refractivity contribution is 7.89. The van der Waals surface area contributed by atoms with E-state index in [1.807, 2.05) is 0 Å². The molecule has 0 amide bonds. The third-order valence-corrected chi connectivity index (χ3v) is 1.97. The topological polar surface area (TPSA) is 117 Å². The van der Waals surface area contributed by atoms with Crippen LogP contribution in [0.1, 0.15) is 13.3 Å². The number of rotatable bonds is 8. The van der Waals surface area contributed by atoms with E-state index in [1.165, 1.54) is 0 Å². The summed E-state index contributed by atoms with van der Waals surface area (Å²) in [5.41, 5.74) is 0. The van der Waals surface area contributed by atoms with Gasteiger partial charge >= 0.3 is 0 Å². The molecule has 0 aliphatic carbocycles. The Bertz CT molecular complexity index is 225. The molecule has 8 nitrogen and oxygen atoms in total. The Morgan fingerprint density at radius 2 is 2.14 bits per heavy atom. The van der Waals surface area contributed by atoms with Crippen molar-refractivity contribution in [2.24, 2.45) is 0 Å². The van der Waals surface area contributed by atoms with Gasteiger partial charge in [-0.05, 0) is 6.42 Å². The Kier molecular flexibility index (Phi) is 7.40. The highest BCUT2D eigenvalue weighted by atomic mass is 32.3. The maximum absolute atomic E-state index is 10.0. The van der Waals surface area contributed by atoms with Crippen molar-refractivity contribution in [1.82, 2.24) is 0 Å². The molecule has 14 heavy (non-hydrogen) atoms. The smallest absolute Gasteiger partial charge is 0.217 e. The fourth-order valence-electron chi connectivity index (χ4n) is 0.456. The zero-order valence-corrected chi connectivity index (χ0v) is 8.71. The molecule has 0 rings (SSSR count). The summed E-state index contributed by atoms with van der Waals surface area (Å²) >= 11 is 0.225. The molecule has 0 saturated carbocycles. The Hall–Kier alpha value is 0.0600. The molecule has 0 fully saturated rings. The van der Waals surface area contributed by atoms with Crippen LogP contribution in [0.3, 0.4) is 0 Å². The second kappa shape index (κ2) is 7.36. The van der Waals surface area contributed by atoms with Crippen LogP contribution in [-0.4, -0.2) is 25.7 Å². The fraction of sp³-hybridized carbons (Fsp3) is 1.00. The van der Waals surface area contributed by atoms with Crippen LogP contribution in [0.2, 0.25) is 0 Å². The minimum absolute atomic E-state index is 0.225. The lowest BCUT2D eigenvalue weighted by molar-refractivity contribution is -0.777. The SMILES string of the molecule is CCC(COS(=O)(=O)[O-])OSOO[O-]. The molecule has 0 spiro atoms. The summed E-state index contributed by atoms with van der Waals surface area (Å²) in [5, 5.41) is 12.3. The van der Waals surface area contributed by atoms with Crippen molar-refractivity contribution in [3.8, 4) is 0 Å². The normalized spacial score (nSPS) is 14.2. The maximum Gasteiger partial charge on any atom is 0.217 e. The summed E-state index contributed by atoms with van der Waals surface area (Å²) in [6, 6.07) is 0. The van der Waals surface area contributed by atoms with Gasteiger partial charge in [-0.3, -0.25) is 13.4 Å². The van der Waals surface area contributed by atoms with Gasteiger partial charge in [0.15, 0.2) is 12.3 Å². The highest BCUT2D eigenvalue weighted by Crippen LogP contribution is 2.11. The van der Waals surface area contributed by atoms with E-state index in [9.17, 15) is 18.2 Å². The lowest BCUT2D eigenvalue weighted by atomic mass is 10.3. The monoisotopic (exact) mass is 248 g/mol. The molecule has 1 atom stereocenters. The lowest BCUT2D eigenvalue weighted by Crippen LogP contribution is -2.19. The Balaban J connectivity index is 3.69. The first-order chi connectivity index (χ1) is 6.49. The molecule has 0 heterocycles. The van der Waals surface area contributed by atoms with E-state index < -0.39 is 23.1 Å². The van der Waals surface area contributed by atoms with Crippen molar-refractivity contribution < 1.29 is 36.0 Å². The maximum atomic E-state index is 10.0. The molecule has 0 radical (unpaired) electrons. The van der Waals surface area contributed by atoms with Crippen LogP contribution in [0.25, 0.3) is 0 Å². The summed E-state index contributed by atoms with van der Waals surface area (Å²) in [4.78, 5) is 0. The van der Waals surface area contributed by atoms with E-state index >= 15 is 0 Å². The van der Waals surface area contributed by atoms with Crippen LogP contribution in [0.5, 0.6) is 0 Å². The van der Waals surface area contributed by atoms with E-state index in [-0.39, 0.29) is 12.3 Å². The molecule has 0 aromatic carbocycles. The van der Waals surface area contributed by atoms with Gasteiger partial charge in [0.25, 0.3) is 0 Å². The number of hydrogen-bond donors (Lipinski definition) is 0. The zero-order chi connectivity index (χ0) is 11.0. The van der Waals surface area contributed by atoms with E-state index in [0.717, 1.165) is 0 Å². The van der Waals surface area contributed by atoms with Gasteiger partial charge in [-0.1, -0.05) is 6.92 Å². The third kappa shape index (κ3) is 8.65. The summed E-state index contributed by atoms with van der Waals surface area (Å²) in [6.07, 6.45) is -0.330. The first-order valence-electron chi connectivity index (χ1n) is 3.38. The standard InChI is InChI=1S/C4H10O8S2/c1-2-4(10-13-12-11-5)3-9-14(6,7)8/h4-5H,2-3H2,1H3,(H,6,7,8)/p-2. The lowest BCUT2D eigenvalue weighted by Gasteiger charge is -2.15. The van der Waals surface area contributed by atoms with Gasteiger partial charge in [0.05, 0.1) is 12.7 Å². The van der Waals surface area contributed by atoms with Crippen LogP contribution in [0.15, 0.2) is 0 Å². The van der Waals surface area contributed by atoms with Crippen LogP contribution >= 0.6 is 12.3 Å². The van der Waals surface area contributed by atoms with Crippen LogP contribution < -0.4 is 5.26 Å². The predicted octanol–water partition coefficient (Wildman–Crippen LogP) is -0.955. The zero-order valence-electron chi connectivity index (χ0n) is 7.07. The van der Waals surface area contributed by atoms with E-state index in [4.69, 9.17) is 0 Å². The molecule has 0 N–H and O–H groups in total. The van der Waals surface area contributed by atoms with Crippen molar-refractivity contribution in [2.75, 3.05) is 6.61 Å². The molecule has 0 aromatic rings. The van der Waals surface area contributed by atoms with E-state index in [2.05, 4.69) is 17.7 Å². The molecule has 1 unspecified atom stereocenters. The van der Waals surface area contributed by atoms with Crippen molar-refractivity contribution >= 4 is 22.7 Å². The Morgan fingerprint density at radius 3 is 2.57 bits per heavy atom. The molecule has 86 valence electrons. The van der Waals surface area contributed by atoms with Gasteiger partial charge in [-0.2, -0.15) is 0 Å². The Labute approximate surface area is 85.3 Å². The van der Waals surface area contributed by atoms with Crippen molar-refractivity contribution in [2.45, 2.75) is 19.4 Å². The van der Waals surface area contributed by atoms with Gasteiger partial charge in [-0.15, -0.1) is 4.33 Å². The highest BCUT2D eigenvalue weighted by Gasteiger charge is 2.10. The first-order valence-corrected chi connectivity index (χ1v) is 5.38. The average Bonchev–Trinajstić information content (AvgIpc) is 2.09. The van der Waals surface area contributed by atoms with Crippen LogP contribution in [-0.2, 0) is 28.1 Å². The van der Waals surface area contributed by atoms with Gasteiger partial charge in [0.2, 0.25) is 10.4 Å². The minimum atomic E-state index is -4.73. The molecule has 10 heteroatoms. The van der Waals surface area contributed by atoms with Gasteiger partial charge in [0, 0.05) is 0 Å². The quantitative estimate of drug-likeness (QED) is 0.134. The summed E-state index contributed by atoms with van der Waals surface area (Å²) in [5.74, 6) is 0. The molecular formula is C4H8O8S2-2. The second-order valence-electron chi connectivity index (χ2n) is 2.02. The minimum Gasteiger partial charge on any atom is -0.726 e. The fourth-order valence-corrected chi connectivity index (χ4v) is 1.13. The molecule has 0 saturated heterocycles. The van der Waals surface area contributed by atoms with Crippen LogP contribution in [0.4, 0.5) is 0 Å². The first kappa shape index (κ1) is 14.1. The molecule has 0 aliphatic rings. The average molecular weight is 248 g/mol. The van der Waals surface area contributed by atoms with Crippen molar-refractivity contribution in [1.29, 1.82) is 0 Å². The summed E-state index contributed by atoms with van der Waals surface area (Å²) in [7, 11) is -4.73. The summed E-state index contributed by atoms with van der Waals surface area (Å²) in [6.45, 7) is 1.21. The molecular weight excluding hydrogens is 240 g/mol. The Morgan fingerprint density at radius 1 is 1.50 bits per heavy atom. The van der Waals surface area contributed by atoms with Gasteiger partial charge < -0.3 is 9.81 Å². The van der Waals surface area contributed by atoms with Crippen molar-refractivity contribution in [3.63, 3.8) is 0 Å². The molecule has 0 bridgehead atoms. The number of hydrogen-bond acceptors (Lipinski definition) is 9. The van der Waals surface area contributed by atoms with Crippen LogP contribution in [0, 0.1) is 0 Å². The third-order valence-electron chi connectivity index (χ3n) is 1.08. The second-order valence-corrected chi connectivity index (χ2v) is 3.54. The van der Waals surface area contributed by atoms with Gasteiger partial charge in [-0.25, -0.2) is 8.42 Å². The molecule has 0 aliphatic heterocycles. The van der Waals surface area contributed by atoms with Gasteiger partial charge in [0.1, 0.15) is 0 Å². The summed E-state index contributed by atoms with van der Waals surface area (Å²) < 4.78 is 42.4.